The number of anilines is 1. The average molecular weight is 446 g/mol. The van der Waals surface area contributed by atoms with Crippen LogP contribution in [0.2, 0.25) is 0 Å². The largest absolute Gasteiger partial charge is 0.497 e. The van der Waals surface area contributed by atoms with E-state index in [0.717, 1.165) is 4.47 Å². The fourth-order valence-electron chi connectivity index (χ4n) is 2.33. The molecule has 2 aromatic rings. The molecule has 140 valence electrons. The fraction of sp³-hybridized carbons (Fsp3) is 0.278. The molecule has 26 heavy (non-hydrogen) atoms. The minimum atomic E-state index is -0.416. The maximum atomic E-state index is 13.9. The Balaban J connectivity index is 2.16. The smallest absolute Gasteiger partial charge is 0.322 e. The van der Waals surface area contributed by atoms with Crippen LogP contribution in [0.4, 0.5) is 14.9 Å². The Kier molecular flexibility index (Phi) is 7.53. The number of nitrogens with one attached hydrogen (secondary N) is 1. The van der Waals surface area contributed by atoms with Crippen LogP contribution in [0.3, 0.4) is 0 Å². The zero-order valence-electron chi connectivity index (χ0n) is 14.4. The normalized spacial score (nSPS) is 10.3. The van der Waals surface area contributed by atoms with Crippen molar-refractivity contribution in [2.75, 3.05) is 31.5 Å². The van der Waals surface area contributed by atoms with Gasteiger partial charge in [-0.05, 0) is 46.3 Å². The second-order valence-electron chi connectivity index (χ2n) is 5.28. The van der Waals surface area contributed by atoms with E-state index < -0.39 is 11.8 Å². The van der Waals surface area contributed by atoms with Crippen LogP contribution in [0.25, 0.3) is 0 Å². The first kappa shape index (κ1) is 20.3. The molecule has 0 saturated carbocycles. The second-order valence-corrected chi connectivity index (χ2v) is 6.51. The van der Waals surface area contributed by atoms with Crippen LogP contribution >= 0.6 is 27.5 Å². The van der Waals surface area contributed by atoms with Crippen LogP contribution in [0.1, 0.15) is 5.56 Å². The van der Waals surface area contributed by atoms with E-state index in [2.05, 4.69) is 21.2 Å². The molecule has 2 amide bonds. The van der Waals surface area contributed by atoms with Crippen molar-refractivity contribution in [1.82, 2.24) is 5.32 Å². The lowest BCUT2D eigenvalue weighted by molar-refractivity contribution is 0.246. The van der Waals surface area contributed by atoms with E-state index in [0.29, 0.717) is 29.3 Å². The average Bonchev–Trinajstić information content (AvgIpc) is 2.65. The molecule has 2 rings (SSSR count). The topological polar surface area (TPSA) is 50.8 Å². The van der Waals surface area contributed by atoms with Gasteiger partial charge >= 0.3 is 6.03 Å². The van der Waals surface area contributed by atoms with Gasteiger partial charge in [-0.15, -0.1) is 11.6 Å². The highest BCUT2D eigenvalue weighted by molar-refractivity contribution is 9.10. The van der Waals surface area contributed by atoms with Crippen molar-refractivity contribution in [3.8, 4) is 11.5 Å². The summed E-state index contributed by atoms with van der Waals surface area (Å²) in [6.45, 7) is 0.313. The lowest BCUT2D eigenvalue weighted by Gasteiger charge is -2.23. The number of ether oxygens (including phenoxy) is 2. The van der Waals surface area contributed by atoms with Crippen LogP contribution < -0.4 is 19.7 Å². The van der Waals surface area contributed by atoms with Crippen molar-refractivity contribution in [3.05, 3.63) is 52.3 Å². The predicted molar refractivity (Wildman–Crippen MR) is 104 cm³/mol. The predicted octanol–water partition coefficient (Wildman–Crippen LogP) is 4.56. The van der Waals surface area contributed by atoms with Crippen molar-refractivity contribution >= 4 is 39.2 Å². The Morgan fingerprint density at radius 2 is 2.00 bits per heavy atom. The van der Waals surface area contributed by atoms with E-state index in [9.17, 15) is 9.18 Å². The molecule has 0 saturated heterocycles. The monoisotopic (exact) mass is 444 g/mol. The maximum Gasteiger partial charge on any atom is 0.322 e. The summed E-state index contributed by atoms with van der Waals surface area (Å²) in [6.07, 6.45) is 0. The summed E-state index contributed by atoms with van der Waals surface area (Å²) >= 11 is 9.21. The second kappa shape index (κ2) is 9.64. The molecule has 5 nitrogen and oxygen atoms in total. The quantitative estimate of drug-likeness (QED) is 0.636. The van der Waals surface area contributed by atoms with Crippen molar-refractivity contribution in [1.29, 1.82) is 0 Å². The highest BCUT2D eigenvalue weighted by Crippen LogP contribution is 2.30. The van der Waals surface area contributed by atoms with Gasteiger partial charge in [-0.2, -0.15) is 0 Å². The number of carbonyl (C=O) groups is 1. The minimum Gasteiger partial charge on any atom is -0.497 e. The molecule has 2 aromatic carbocycles. The molecule has 1 N–H and O–H groups in total. The molecule has 0 heterocycles. The lowest BCUT2D eigenvalue weighted by Crippen LogP contribution is -2.41. The van der Waals surface area contributed by atoms with E-state index in [1.54, 1.807) is 31.4 Å². The van der Waals surface area contributed by atoms with Crippen molar-refractivity contribution in [2.45, 2.75) is 6.54 Å². The van der Waals surface area contributed by atoms with Crippen LogP contribution in [-0.2, 0) is 6.54 Å². The van der Waals surface area contributed by atoms with Crippen LogP contribution in [0, 0.1) is 5.82 Å². The molecule has 0 atom stereocenters. The van der Waals surface area contributed by atoms with E-state index in [-0.39, 0.29) is 12.4 Å². The SMILES string of the molecule is COc1ccc(F)c(CNC(=O)N(CCCl)c2ccc(Br)c(OC)c2)c1. The van der Waals surface area contributed by atoms with Crippen molar-refractivity contribution in [3.63, 3.8) is 0 Å². The summed E-state index contributed by atoms with van der Waals surface area (Å²) in [5, 5.41) is 2.71. The Morgan fingerprint density at radius 3 is 2.65 bits per heavy atom. The zero-order valence-corrected chi connectivity index (χ0v) is 16.7. The van der Waals surface area contributed by atoms with Gasteiger partial charge in [0.25, 0.3) is 0 Å². The van der Waals surface area contributed by atoms with E-state index in [1.807, 2.05) is 0 Å². The van der Waals surface area contributed by atoms with Crippen LogP contribution in [0.15, 0.2) is 40.9 Å². The van der Waals surface area contributed by atoms with Gasteiger partial charge in [-0.25, -0.2) is 9.18 Å². The standard InChI is InChI=1S/C18H19BrClFN2O3/c1-25-14-4-6-16(21)12(9-14)11-22-18(24)23(8-7-20)13-3-5-15(19)17(10-13)26-2/h3-6,9-10H,7-8,11H2,1-2H3,(H,22,24). The van der Waals surface area contributed by atoms with Gasteiger partial charge in [-0.3, -0.25) is 4.90 Å². The first-order chi connectivity index (χ1) is 12.5. The van der Waals surface area contributed by atoms with Gasteiger partial charge in [0, 0.05) is 36.3 Å². The highest BCUT2D eigenvalue weighted by Gasteiger charge is 2.17. The molecule has 0 aliphatic rings. The Hall–Kier alpha value is -1.99. The summed E-state index contributed by atoms with van der Waals surface area (Å²) in [5.74, 6) is 0.944. The minimum absolute atomic E-state index is 0.0221. The molecule has 0 aliphatic heterocycles. The third kappa shape index (κ3) is 5.02. The number of methoxy groups -OCH3 is 2. The molecule has 0 aliphatic carbocycles. The van der Waals surface area contributed by atoms with E-state index in [1.165, 1.54) is 24.1 Å². The van der Waals surface area contributed by atoms with Gasteiger partial charge in [0.15, 0.2) is 0 Å². The molecule has 0 unspecified atom stereocenters. The highest BCUT2D eigenvalue weighted by atomic mass is 79.9. The first-order valence-corrected chi connectivity index (χ1v) is 9.10. The molecular formula is C18H19BrClFN2O3. The molecule has 0 spiro atoms. The summed E-state index contributed by atoms with van der Waals surface area (Å²) < 4.78 is 25.0. The number of rotatable bonds is 7. The number of amides is 2. The first-order valence-electron chi connectivity index (χ1n) is 7.77. The summed E-state index contributed by atoms with van der Waals surface area (Å²) in [4.78, 5) is 14.1. The molecular weight excluding hydrogens is 427 g/mol. The third-order valence-electron chi connectivity index (χ3n) is 3.68. The number of halogens is 3. The summed E-state index contributed by atoms with van der Waals surface area (Å²) in [5.41, 5.74) is 0.950. The van der Waals surface area contributed by atoms with Crippen molar-refractivity contribution in [2.24, 2.45) is 0 Å². The maximum absolute atomic E-state index is 13.9. The third-order valence-corrected chi connectivity index (χ3v) is 4.51. The van der Waals surface area contributed by atoms with E-state index >= 15 is 0 Å². The van der Waals surface area contributed by atoms with Crippen LogP contribution in [-0.4, -0.2) is 32.7 Å². The number of carbonyl (C=O) groups excluding carboxylic acids is 1. The zero-order chi connectivity index (χ0) is 19.1. The number of alkyl halides is 1. The van der Waals surface area contributed by atoms with Gasteiger partial charge in [0.2, 0.25) is 0 Å². The molecule has 0 radical (unpaired) electrons. The molecule has 0 aromatic heterocycles. The number of nitrogens with zero attached hydrogens (tertiary/aromatic N) is 1. The Bertz CT molecular complexity index is 776. The lowest BCUT2D eigenvalue weighted by atomic mass is 10.2. The number of hydrogen-bond donors (Lipinski definition) is 1. The van der Waals surface area contributed by atoms with Gasteiger partial charge in [0.1, 0.15) is 17.3 Å². The summed E-state index contributed by atoms with van der Waals surface area (Å²) in [6, 6.07) is 9.25. The summed E-state index contributed by atoms with van der Waals surface area (Å²) in [7, 11) is 3.04. The van der Waals surface area contributed by atoms with E-state index in [4.69, 9.17) is 21.1 Å². The number of hydrogen-bond acceptors (Lipinski definition) is 3. The molecule has 0 fully saturated rings. The molecule has 0 bridgehead atoms. The van der Waals surface area contributed by atoms with Gasteiger partial charge in [0.05, 0.1) is 18.7 Å². The molecule has 8 heteroatoms. The number of urea groups is 1. The van der Waals surface area contributed by atoms with Gasteiger partial charge in [-0.1, -0.05) is 0 Å². The Morgan fingerprint density at radius 1 is 1.23 bits per heavy atom. The fourth-order valence-corrected chi connectivity index (χ4v) is 2.91. The number of benzene rings is 2. The van der Waals surface area contributed by atoms with Crippen LogP contribution in [0.5, 0.6) is 11.5 Å². The van der Waals surface area contributed by atoms with Crippen molar-refractivity contribution < 1.29 is 18.7 Å². The Labute approximate surface area is 165 Å². The van der Waals surface area contributed by atoms with Gasteiger partial charge < -0.3 is 14.8 Å².